The van der Waals surface area contributed by atoms with Crippen molar-refractivity contribution in [3.63, 3.8) is 0 Å². The molecule has 0 saturated carbocycles. The number of thioether (sulfide) groups is 1. The van der Waals surface area contributed by atoms with Crippen molar-refractivity contribution >= 4 is 34.7 Å². The number of unbranched alkanes of at least 4 members (excludes halogenated alkanes) is 1. The molecule has 1 fully saturated rings. The summed E-state index contributed by atoms with van der Waals surface area (Å²) in [5.41, 5.74) is 1.60. The van der Waals surface area contributed by atoms with Crippen molar-refractivity contribution in [3.8, 4) is 0 Å². The zero-order chi connectivity index (χ0) is 20.6. The van der Waals surface area contributed by atoms with Gasteiger partial charge in [-0.1, -0.05) is 74.0 Å². The van der Waals surface area contributed by atoms with Crippen molar-refractivity contribution < 1.29 is 9.72 Å². The summed E-state index contributed by atoms with van der Waals surface area (Å²) in [5.74, 6) is 0.0524. The summed E-state index contributed by atoms with van der Waals surface area (Å²) in [6, 6.07) is 15.9. The quantitative estimate of drug-likeness (QED) is 0.361. The van der Waals surface area contributed by atoms with Crippen molar-refractivity contribution in [1.29, 1.82) is 0 Å². The van der Waals surface area contributed by atoms with E-state index in [0.717, 1.165) is 24.8 Å². The summed E-state index contributed by atoms with van der Waals surface area (Å²) in [4.78, 5) is 25.0. The zero-order valence-electron chi connectivity index (χ0n) is 16.1. The number of amides is 1. The second-order valence-electron chi connectivity index (χ2n) is 6.64. The van der Waals surface area contributed by atoms with Crippen LogP contribution in [0.3, 0.4) is 0 Å². The third-order valence-corrected chi connectivity index (χ3v) is 5.69. The van der Waals surface area contributed by atoms with Gasteiger partial charge < -0.3 is 0 Å². The summed E-state index contributed by atoms with van der Waals surface area (Å²) in [6.45, 7) is 2.55. The number of amidine groups is 1. The molecule has 1 amide bonds. The first kappa shape index (κ1) is 20.7. The zero-order valence-corrected chi connectivity index (χ0v) is 16.9. The number of hydrogen-bond acceptors (Lipinski definition) is 6. The Labute approximate surface area is 173 Å². The van der Waals surface area contributed by atoms with E-state index in [0.29, 0.717) is 17.3 Å². The number of benzene rings is 2. The van der Waals surface area contributed by atoms with E-state index in [1.54, 1.807) is 17.0 Å². The van der Waals surface area contributed by atoms with E-state index in [1.165, 1.54) is 30.1 Å². The van der Waals surface area contributed by atoms with Crippen LogP contribution in [-0.4, -0.2) is 32.4 Å². The second-order valence-corrected chi connectivity index (χ2v) is 7.81. The molecule has 0 bridgehead atoms. The summed E-state index contributed by atoms with van der Waals surface area (Å²) in [7, 11) is 0. The van der Waals surface area contributed by atoms with Crippen LogP contribution in [0.2, 0.25) is 0 Å². The van der Waals surface area contributed by atoms with Gasteiger partial charge in [-0.05, 0) is 12.0 Å². The summed E-state index contributed by atoms with van der Waals surface area (Å²) >= 11 is 1.43. The smallest absolute Gasteiger partial charge is 0.270 e. The summed E-state index contributed by atoms with van der Waals surface area (Å²) in [5, 5.41) is 19.7. The Bertz CT molecular complexity index is 931. The Morgan fingerprint density at radius 2 is 2.00 bits per heavy atom. The number of carbonyl (C=O) groups is 1. The largest absolute Gasteiger partial charge is 0.284 e. The minimum absolute atomic E-state index is 0.00245. The molecule has 8 heteroatoms. The SMILES string of the molecule is CCCC[C@@H]1S/C(=N/N=C\c2cccc([N+](=O)[O-])c2)N(Cc2ccccc2)C1=O. The third kappa shape index (κ3) is 5.51. The Kier molecular flexibility index (Phi) is 7.13. The molecule has 0 aliphatic carbocycles. The molecule has 150 valence electrons. The lowest BCUT2D eigenvalue weighted by atomic mass is 10.1. The van der Waals surface area contributed by atoms with Crippen LogP contribution < -0.4 is 0 Å². The highest BCUT2D eigenvalue weighted by molar-refractivity contribution is 8.15. The first-order valence-corrected chi connectivity index (χ1v) is 10.3. The van der Waals surface area contributed by atoms with E-state index in [2.05, 4.69) is 17.1 Å². The van der Waals surface area contributed by atoms with Gasteiger partial charge in [0.15, 0.2) is 5.17 Å². The molecule has 3 rings (SSSR count). The van der Waals surface area contributed by atoms with Gasteiger partial charge in [-0.25, -0.2) is 0 Å². The topological polar surface area (TPSA) is 88.2 Å². The lowest BCUT2D eigenvalue weighted by Gasteiger charge is -2.15. The fourth-order valence-corrected chi connectivity index (χ4v) is 4.08. The van der Waals surface area contributed by atoms with Gasteiger partial charge in [0.2, 0.25) is 5.91 Å². The van der Waals surface area contributed by atoms with E-state index in [-0.39, 0.29) is 16.8 Å². The van der Waals surface area contributed by atoms with E-state index >= 15 is 0 Å². The predicted molar refractivity (Wildman–Crippen MR) is 116 cm³/mol. The number of nitro groups is 1. The van der Waals surface area contributed by atoms with E-state index < -0.39 is 4.92 Å². The fourth-order valence-electron chi connectivity index (χ4n) is 2.93. The van der Waals surface area contributed by atoms with E-state index in [1.807, 2.05) is 30.3 Å². The lowest BCUT2D eigenvalue weighted by Crippen LogP contribution is -2.31. The Hall–Kier alpha value is -3.00. The molecule has 1 atom stereocenters. The van der Waals surface area contributed by atoms with Gasteiger partial charge in [-0.15, -0.1) is 5.10 Å². The Morgan fingerprint density at radius 3 is 2.72 bits per heavy atom. The van der Waals surface area contributed by atoms with Crippen LogP contribution in [0.4, 0.5) is 5.69 Å². The molecule has 0 spiro atoms. The monoisotopic (exact) mass is 410 g/mol. The first-order valence-electron chi connectivity index (χ1n) is 9.46. The molecule has 29 heavy (non-hydrogen) atoms. The Balaban J connectivity index is 1.80. The minimum atomic E-state index is -0.450. The number of nitrogens with zero attached hydrogens (tertiary/aromatic N) is 4. The molecule has 0 aromatic heterocycles. The second kappa shape index (κ2) is 9.97. The minimum Gasteiger partial charge on any atom is -0.284 e. The van der Waals surface area contributed by atoms with Crippen molar-refractivity contribution in [2.45, 2.75) is 38.0 Å². The van der Waals surface area contributed by atoms with E-state index in [9.17, 15) is 14.9 Å². The fraction of sp³-hybridized carbons (Fsp3) is 0.286. The van der Waals surface area contributed by atoms with Crippen LogP contribution in [0.25, 0.3) is 0 Å². The molecule has 2 aromatic rings. The van der Waals surface area contributed by atoms with Crippen LogP contribution in [0.5, 0.6) is 0 Å². The van der Waals surface area contributed by atoms with Crippen molar-refractivity contribution in [2.75, 3.05) is 0 Å². The average Bonchev–Trinajstić information content (AvgIpc) is 3.02. The van der Waals surface area contributed by atoms with Gasteiger partial charge in [0.05, 0.1) is 22.9 Å². The van der Waals surface area contributed by atoms with Crippen LogP contribution >= 0.6 is 11.8 Å². The molecular weight excluding hydrogens is 388 g/mol. The predicted octanol–water partition coefficient (Wildman–Crippen LogP) is 4.62. The number of hydrogen-bond donors (Lipinski definition) is 0. The normalized spacial score (nSPS) is 18.1. The average molecular weight is 410 g/mol. The van der Waals surface area contributed by atoms with Crippen molar-refractivity contribution in [3.05, 3.63) is 75.8 Å². The maximum atomic E-state index is 12.9. The van der Waals surface area contributed by atoms with Gasteiger partial charge in [0.1, 0.15) is 0 Å². The molecule has 2 aromatic carbocycles. The first-order chi connectivity index (χ1) is 14.1. The molecule has 1 saturated heterocycles. The van der Waals surface area contributed by atoms with Crippen LogP contribution in [0, 0.1) is 10.1 Å². The highest BCUT2D eigenvalue weighted by Crippen LogP contribution is 2.32. The molecule has 0 unspecified atom stereocenters. The van der Waals surface area contributed by atoms with Gasteiger partial charge >= 0.3 is 0 Å². The van der Waals surface area contributed by atoms with Crippen molar-refractivity contribution in [2.24, 2.45) is 10.2 Å². The van der Waals surface area contributed by atoms with Crippen LogP contribution in [-0.2, 0) is 11.3 Å². The maximum absolute atomic E-state index is 12.9. The molecule has 1 aliphatic rings. The third-order valence-electron chi connectivity index (χ3n) is 4.45. The van der Waals surface area contributed by atoms with Gasteiger partial charge in [-0.3, -0.25) is 19.8 Å². The molecule has 7 nitrogen and oxygen atoms in total. The maximum Gasteiger partial charge on any atom is 0.270 e. The molecule has 1 heterocycles. The van der Waals surface area contributed by atoms with Gasteiger partial charge in [0.25, 0.3) is 5.69 Å². The lowest BCUT2D eigenvalue weighted by molar-refractivity contribution is -0.384. The molecule has 0 N–H and O–H groups in total. The number of nitro benzene ring substituents is 1. The standard InChI is InChI=1S/C21H22N4O3S/c1-2-3-12-19-20(26)24(15-16-8-5-4-6-9-16)21(29-19)23-22-14-17-10-7-11-18(13-17)25(27)28/h4-11,13-14,19H,2-3,12,15H2,1H3/b22-14-,23-21+/t19-/m0/s1. The molecule has 0 radical (unpaired) electrons. The summed E-state index contributed by atoms with van der Waals surface area (Å²) < 4.78 is 0. The number of carbonyl (C=O) groups excluding carboxylic acids is 1. The number of non-ortho nitro benzene ring substituents is 1. The van der Waals surface area contributed by atoms with Gasteiger partial charge in [0, 0.05) is 17.7 Å². The Morgan fingerprint density at radius 1 is 1.21 bits per heavy atom. The number of rotatable bonds is 8. The highest BCUT2D eigenvalue weighted by Gasteiger charge is 2.37. The van der Waals surface area contributed by atoms with E-state index in [4.69, 9.17) is 0 Å². The van der Waals surface area contributed by atoms with Crippen molar-refractivity contribution in [1.82, 2.24) is 4.90 Å². The molecular formula is C21H22N4O3S. The summed E-state index contributed by atoms with van der Waals surface area (Å²) in [6.07, 6.45) is 4.28. The highest BCUT2D eigenvalue weighted by atomic mass is 32.2. The van der Waals surface area contributed by atoms with Crippen LogP contribution in [0.15, 0.2) is 64.8 Å². The van der Waals surface area contributed by atoms with Gasteiger partial charge in [-0.2, -0.15) is 5.10 Å². The molecule has 1 aliphatic heterocycles. The van der Waals surface area contributed by atoms with Crippen LogP contribution in [0.1, 0.15) is 37.3 Å².